The van der Waals surface area contributed by atoms with Gasteiger partial charge in [0.15, 0.2) is 0 Å². The second kappa shape index (κ2) is 7.13. The van der Waals surface area contributed by atoms with Gasteiger partial charge in [-0.25, -0.2) is 9.59 Å². The van der Waals surface area contributed by atoms with Crippen molar-refractivity contribution in [2.75, 3.05) is 11.9 Å². The SMILES string of the molecule is CN(C(=O)N[C@@H](CCC(N)=O)C(=O)O)c1ccccc1. The molecule has 1 rings (SSSR count). The number of rotatable bonds is 6. The number of anilines is 1. The third kappa shape index (κ3) is 4.60. The fourth-order valence-corrected chi connectivity index (χ4v) is 1.56. The zero-order valence-electron chi connectivity index (χ0n) is 11.1. The highest BCUT2D eigenvalue weighted by Crippen LogP contribution is 2.11. The summed E-state index contributed by atoms with van der Waals surface area (Å²) in [5.74, 6) is -1.82. The number of carbonyl (C=O) groups is 3. The number of aliphatic carboxylic acids is 1. The van der Waals surface area contributed by atoms with E-state index in [2.05, 4.69) is 5.32 Å². The highest BCUT2D eigenvalue weighted by molar-refractivity contribution is 5.94. The van der Waals surface area contributed by atoms with E-state index in [0.29, 0.717) is 5.69 Å². The van der Waals surface area contributed by atoms with Gasteiger partial charge < -0.3 is 16.2 Å². The Morgan fingerprint density at radius 3 is 2.40 bits per heavy atom. The molecule has 4 N–H and O–H groups in total. The molecule has 7 heteroatoms. The first-order valence-electron chi connectivity index (χ1n) is 6.02. The van der Waals surface area contributed by atoms with E-state index < -0.39 is 23.9 Å². The number of para-hydroxylation sites is 1. The molecule has 1 aromatic rings. The smallest absolute Gasteiger partial charge is 0.326 e. The monoisotopic (exact) mass is 279 g/mol. The van der Waals surface area contributed by atoms with Gasteiger partial charge in [-0.15, -0.1) is 0 Å². The van der Waals surface area contributed by atoms with Gasteiger partial charge in [0.25, 0.3) is 0 Å². The van der Waals surface area contributed by atoms with Gasteiger partial charge in [0.2, 0.25) is 5.91 Å². The van der Waals surface area contributed by atoms with Crippen LogP contribution in [0.15, 0.2) is 30.3 Å². The van der Waals surface area contributed by atoms with Gasteiger partial charge in [0.05, 0.1) is 0 Å². The van der Waals surface area contributed by atoms with Crippen LogP contribution in [0.1, 0.15) is 12.8 Å². The summed E-state index contributed by atoms with van der Waals surface area (Å²) in [7, 11) is 1.53. The lowest BCUT2D eigenvalue weighted by Gasteiger charge is -2.21. The van der Waals surface area contributed by atoms with Crippen molar-refractivity contribution in [1.29, 1.82) is 0 Å². The van der Waals surface area contributed by atoms with E-state index in [1.54, 1.807) is 24.3 Å². The maximum Gasteiger partial charge on any atom is 0.326 e. The average molecular weight is 279 g/mol. The number of carboxylic acids is 1. The summed E-state index contributed by atoms with van der Waals surface area (Å²) in [6.45, 7) is 0. The molecule has 0 bridgehead atoms. The topological polar surface area (TPSA) is 113 Å². The number of hydrogen-bond acceptors (Lipinski definition) is 3. The summed E-state index contributed by atoms with van der Waals surface area (Å²) in [4.78, 5) is 34.9. The third-order valence-corrected chi connectivity index (χ3v) is 2.72. The first kappa shape index (κ1) is 15.5. The maximum atomic E-state index is 11.9. The van der Waals surface area contributed by atoms with Crippen molar-refractivity contribution in [2.24, 2.45) is 5.73 Å². The van der Waals surface area contributed by atoms with Crippen LogP contribution in [-0.4, -0.2) is 36.1 Å². The number of nitrogens with one attached hydrogen (secondary N) is 1. The molecule has 0 aliphatic heterocycles. The molecule has 1 atom stereocenters. The van der Waals surface area contributed by atoms with Gasteiger partial charge >= 0.3 is 12.0 Å². The van der Waals surface area contributed by atoms with Crippen LogP contribution in [0.3, 0.4) is 0 Å². The fourth-order valence-electron chi connectivity index (χ4n) is 1.56. The molecule has 0 saturated heterocycles. The van der Waals surface area contributed by atoms with Gasteiger partial charge in [-0.05, 0) is 18.6 Å². The van der Waals surface area contributed by atoms with Crippen molar-refractivity contribution in [3.63, 3.8) is 0 Å². The van der Waals surface area contributed by atoms with Crippen LogP contribution in [0, 0.1) is 0 Å². The molecule has 3 amide bonds. The zero-order valence-corrected chi connectivity index (χ0v) is 11.1. The Kier molecular flexibility index (Phi) is 5.52. The highest BCUT2D eigenvalue weighted by atomic mass is 16.4. The van der Waals surface area contributed by atoms with Gasteiger partial charge in [0.1, 0.15) is 6.04 Å². The van der Waals surface area contributed by atoms with E-state index in [1.807, 2.05) is 6.07 Å². The van der Waals surface area contributed by atoms with Gasteiger partial charge in [-0.3, -0.25) is 9.69 Å². The summed E-state index contributed by atoms with van der Waals surface area (Å²) >= 11 is 0. The van der Waals surface area contributed by atoms with Crippen molar-refractivity contribution < 1.29 is 19.5 Å². The molecule has 0 aliphatic carbocycles. The third-order valence-electron chi connectivity index (χ3n) is 2.72. The van der Waals surface area contributed by atoms with Crippen molar-refractivity contribution >= 4 is 23.6 Å². The lowest BCUT2D eigenvalue weighted by Crippen LogP contribution is -2.47. The minimum Gasteiger partial charge on any atom is -0.480 e. The standard InChI is InChI=1S/C13H17N3O4/c1-16(9-5-3-2-4-6-9)13(20)15-10(12(18)19)7-8-11(14)17/h2-6,10H,7-8H2,1H3,(H2,14,17)(H,15,20)(H,18,19)/t10-/m0/s1. The Morgan fingerprint density at radius 2 is 1.90 bits per heavy atom. The first-order valence-corrected chi connectivity index (χ1v) is 6.02. The highest BCUT2D eigenvalue weighted by Gasteiger charge is 2.22. The van der Waals surface area contributed by atoms with Crippen molar-refractivity contribution in [3.05, 3.63) is 30.3 Å². The van der Waals surface area contributed by atoms with E-state index in [-0.39, 0.29) is 12.8 Å². The quantitative estimate of drug-likeness (QED) is 0.705. The van der Waals surface area contributed by atoms with Crippen LogP contribution in [-0.2, 0) is 9.59 Å². The second-order valence-corrected chi connectivity index (χ2v) is 4.24. The Bertz CT molecular complexity index is 490. The Labute approximate surface area is 116 Å². The minimum absolute atomic E-state index is 0.0426. The average Bonchev–Trinajstić information content (AvgIpc) is 2.42. The van der Waals surface area contributed by atoms with Crippen molar-refractivity contribution in [1.82, 2.24) is 5.32 Å². The number of primary amides is 1. The Balaban J connectivity index is 2.66. The molecule has 0 aliphatic rings. The largest absolute Gasteiger partial charge is 0.480 e. The van der Waals surface area contributed by atoms with E-state index in [1.165, 1.54) is 11.9 Å². The minimum atomic E-state index is -1.21. The molecule has 20 heavy (non-hydrogen) atoms. The Morgan fingerprint density at radius 1 is 1.30 bits per heavy atom. The molecule has 0 saturated carbocycles. The fraction of sp³-hybridized carbons (Fsp3) is 0.308. The predicted octanol–water partition coefficient (Wildman–Crippen LogP) is 0.551. The van der Waals surface area contributed by atoms with Crippen LogP contribution in [0.25, 0.3) is 0 Å². The zero-order chi connectivity index (χ0) is 15.1. The molecule has 0 heterocycles. The number of carboxylic acid groups (broad SMARTS) is 1. The molecular weight excluding hydrogens is 262 g/mol. The van der Waals surface area contributed by atoms with Crippen LogP contribution >= 0.6 is 0 Å². The van der Waals surface area contributed by atoms with Crippen LogP contribution in [0.2, 0.25) is 0 Å². The van der Waals surface area contributed by atoms with E-state index in [9.17, 15) is 14.4 Å². The molecule has 0 fully saturated rings. The van der Waals surface area contributed by atoms with Crippen LogP contribution in [0.4, 0.5) is 10.5 Å². The number of urea groups is 1. The van der Waals surface area contributed by atoms with E-state index in [0.717, 1.165) is 0 Å². The first-order chi connectivity index (χ1) is 9.41. The molecule has 0 unspecified atom stereocenters. The molecule has 0 spiro atoms. The van der Waals surface area contributed by atoms with Gasteiger partial charge in [0, 0.05) is 19.2 Å². The van der Waals surface area contributed by atoms with E-state index in [4.69, 9.17) is 10.8 Å². The van der Waals surface area contributed by atoms with Gasteiger partial charge in [-0.1, -0.05) is 18.2 Å². The number of nitrogens with two attached hydrogens (primary N) is 1. The number of carbonyl (C=O) groups excluding carboxylic acids is 2. The van der Waals surface area contributed by atoms with Crippen molar-refractivity contribution in [3.8, 4) is 0 Å². The number of hydrogen-bond donors (Lipinski definition) is 3. The predicted molar refractivity (Wildman–Crippen MR) is 73.2 cm³/mol. The number of amides is 3. The summed E-state index contributed by atoms with van der Waals surface area (Å²) in [6.07, 6.45) is -0.147. The summed E-state index contributed by atoms with van der Waals surface area (Å²) in [5.41, 5.74) is 5.60. The summed E-state index contributed by atoms with van der Waals surface area (Å²) < 4.78 is 0. The maximum absolute atomic E-state index is 11.9. The lowest BCUT2D eigenvalue weighted by molar-refractivity contribution is -0.139. The lowest BCUT2D eigenvalue weighted by atomic mass is 10.1. The molecule has 0 aromatic heterocycles. The second-order valence-electron chi connectivity index (χ2n) is 4.24. The Hall–Kier alpha value is -2.57. The molecule has 7 nitrogen and oxygen atoms in total. The summed E-state index contributed by atoms with van der Waals surface area (Å²) in [6, 6.07) is 7.07. The molecular formula is C13H17N3O4. The van der Waals surface area contributed by atoms with Crippen LogP contribution < -0.4 is 16.0 Å². The molecule has 1 aromatic carbocycles. The number of nitrogens with zero attached hydrogens (tertiary/aromatic N) is 1. The normalized spacial score (nSPS) is 11.4. The van der Waals surface area contributed by atoms with Crippen LogP contribution in [0.5, 0.6) is 0 Å². The molecule has 0 radical (unpaired) electrons. The number of benzene rings is 1. The summed E-state index contributed by atoms with van der Waals surface area (Å²) in [5, 5.41) is 11.4. The van der Waals surface area contributed by atoms with Gasteiger partial charge in [-0.2, -0.15) is 0 Å². The molecule has 108 valence electrons. The van der Waals surface area contributed by atoms with Crippen molar-refractivity contribution in [2.45, 2.75) is 18.9 Å². The van der Waals surface area contributed by atoms with E-state index >= 15 is 0 Å².